The first-order valence-corrected chi connectivity index (χ1v) is 6.23. The number of hydrogen-bond acceptors (Lipinski definition) is 4. The van der Waals surface area contributed by atoms with E-state index in [0.717, 1.165) is 37.6 Å². The molecular weight excluding hydrogens is 234 g/mol. The van der Waals surface area contributed by atoms with E-state index in [1.807, 2.05) is 12.1 Å². The molecule has 1 saturated heterocycles. The van der Waals surface area contributed by atoms with Gasteiger partial charge in [0.05, 0.1) is 19.3 Å². The van der Waals surface area contributed by atoms with Crippen LogP contribution in [0.25, 0.3) is 0 Å². The first-order valence-electron chi connectivity index (χ1n) is 5.82. The van der Waals surface area contributed by atoms with Crippen LogP contribution < -0.4 is 10.6 Å². The van der Waals surface area contributed by atoms with Gasteiger partial charge in [-0.05, 0) is 18.6 Å². The first kappa shape index (κ1) is 12.3. The molecule has 0 radical (unpaired) electrons. The van der Waals surface area contributed by atoms with Gasteiger partial charge in [-0.3, -0.25) is 0 Å². The van der Waals surface area contributed by atoms with Crippen molar-refractivity contribution in [1.82, 2.24) is 4.98 Å². The van der Waals surface area contributed by atoms with E-state index >= 15 is 0 Å². The topological polar surface area (TPSA) is 51.4 Å². The van der Waals surface area contributed by atoms with E-state index in [1.165, 1.54) is 0 Å². The molecule has 2 heterocycles. The van der Waals surface area contributed by atoms with Gasteiger partial charge in [-0.2, -0.15) is 0 Å². The fourth-order valence-corrected chi connectivity index (χ4v) is 2.15. The standard InChI is InChI=1S/C12H17N3OS/c1-2-10-8-16-6-5-15(10)11-7-9(12(13)17)3-4-14-11/h3-4,7,10H,2,5-6,8H2,1H3,(H2,13,17). The largest absolute Gasteiger partial charge is 0.389 e. The van der Waals surface area contributed by atoms with Crippen molar-refractivity contribution in [3.63, 3.8) is 0 Å². The summed E-state index contributed by atoms with van der Waals surface area (Å²) in [6.45, 7) is 4.53. The lowest BCUT2D eigenvalue weighted by molar-refractivity contribution is 0.0926. The summed E-state index contributed by atoms with van der Waals surface area (Å²) >= 11 is 4.99. The van der Waals surface area contributed by atoms with Gasteiger partial charge < -0.3 is 15.4 Å². The van der Waals surface area contributed by atoms with Crippen molar-refractivity contribution in [3.05, 3.63) is 23.9 Å². The molecule has 92 valence electrons. The van der Waals surface area contributed by atoms with Crippen molar-refractivity contribution in [3.8, 4) is 0 Å². The van der Waals surface area contributed by atoms with Gasteiger partial charge in [0, 0.05) is 18.3 Å². The van der Waals surface area contributed by atoms with Gasteiger partial charge in [0.15, 0.2) is 0 Å². The molecule has 1 aromatic rings. The summed E-state index contributed by atoms with van der Waals surface area (Å²) in [5.41, 5.74) is 6.51. The van der Waals surface area contributed by atoms with E-state index in [4.69, 9.17) is 22.7 Å². The van der Waals surface area contributed by atoms with E-state index in [0.29, 0.717) is 11.0 Å². The molecule has 1 aliphatic heterocycles. The van der Waals surface area contributed by atoms with E-state index in [-0.39, 0.29) is 0 Å². The number of nitrogens with zero attached hydrogens (tertiary/aromatic N) is 2. The fourth-order valence-electron chi connectivity index (χ4n) is 2.02. The maximum absolute atomic E-state index is 5.64. The Hall–Kier alpha value is -1.20. The number of rotatable bonds is 3. The van der Waals surface area contributed by atoms with Gasteiger partial charge in [0.25, 0.3) is 0 Å². The molecule has 5 heteroatoms. The quantitative estimate of drug-likeness (QED) is 0.821. The number of anilines is 1. The Labute approximate surface area is 107 Å². The molecule has 0 bridgehead atoms. The van der Waals surface area contributed by atoms with Crippen molar-refractivity contribution >= 4 is 23.0 Å². The second-order valence-corrected chi connectivity index (χ2v) is 4.54. The number of pyridine rings is 1. The maximum atomic E-state index is 5.64. The monoisotopic (exact) mass is 251 g/mol. The molecule has 17 heavy (non-hydrogen) atoms. The van der Waals surface area contributed by atoms with Crippen LogP contribution in [0, 0.1) is 0 Å². The minimum Gasteiger partial charge on any atom is -0.389 e. The zero-order valence-electron chi connectivity index (χ0n) is 9.93. The van der Waals surface area contributed by atoms with Gasteiger partial charge in [0.1, 0.15) is 10.8 Å². The number of thiocarbonyl (C=S) groups is 1. The fraction of sp³-hybridized carbons (Fsp3) is 0.500. The van der Waals surface area contributed by atoms with E-state index in [2.05, 4.69) is 16.8 Å². The summed E-state index contributed by atoms with van der Waals surface area (Å²) in [6.07, 6.45) is 2.80. The molecule has 1 unspecified atom stereocenters. The van der Waals surface area contributed by atoms with Crippen LogP contribution in [0.4, 0.5) is 5.82 Å². The highest BCUT2D eigenvalue weighted by molar-refractivity contribution is 7.80. The predicted molar refractivity (Wildman–Crippen MR) is 72.4 cm³/mol. The Balaban J connectivity index is 2.25. The second kappa shape index (κ2) is 5.42. The lowest BCUT2D eigenvalue weighted by Crippen LogP contribution is -2.45. The second-order valence-electron chi connectivity index (χ2n) is 4.10. The van der Waals surface area contributed by atoms with E-state index < -0.39 is 0 Å². The Kier molecular flexibility index (Phi) is 3.91. The zero-order valence-corrected chi connectivity index (χ0v) is 10.7. The Bertz CT molecular complexity index is 410. The molecule has 0 amide bonds. The number of morpholine rings is 1. The minimum atomic E-state index is 0.387. The van der Waals surface area contributed by atoms with Gasteiger partial charge in [0.2, 0.25) is 0 Å². The lowest BCUT2D eigenvalue weighted by atomic mass is 10.1. The van der Waals surface area contributed by atoms with E-state index in [9.17, 15) is 0 Å². The molecule has 0 spiro atoms. The minimum absolute atomic E-state index is 0.387. The zero-order chi connectivity index (χ0) is 12.3. The third kappa shape index (κ3) is 2.73. The summed E-state index contributed by atoms with van der Waals surface area (Å²) in [6, 6.07) is 4.18. The SMILES string of the molecule is CCC1COCCN1c1cc(C(N)=S)ccn1. The molecule has 0 saturated carbocycles. The molecule has 1 aromatic heterocycles. The van der Waals surface area contributed by atoms with Crippen LogP contribution in [0.15, 0.2) is 18.3 Å². The molecule has 4 nitrogen and oxygen atoms in total. The predicted octanol–water partition coefficient (Wildman–Crippen LogP) is 1.33. The van der Waals surface area contributed by atoms with Crippen molar-refractivity contribution in [1.29, 1.82) is 0 Å². The average Bonchev–Trinajstić information content (AvgIpc) is 2.39. The summed E-state index contributed by atoms with van der Waals surface area (Å²) in [5, 5.41) is 0. The van der Waals surface area contributed by atoms with Crippen molar-refractivity contribution in [2.24, 2.45) is 5.73 Å². The Morgan fingerprint density at radius 1 is 1.71 bits per heavy atom. The Morgan fingerprint density at radius 2 is 2.53 bits per heavy atom. The maximum Gasteiger partial charge on any atom is 0.129 e. The Morgan fingerprint density at radius 3 is 3.24 bits per heavy atom. The highest BCUT2D eigenvalue weighted by atomic mass is 32.1. The molecule has 1 aliphatic rings. The van der Waals surface area contributed by atoms with Gasteiger partial charge >= 0.3 is 0 Å². The normalized spacial score (nSPS) is 20.3. The molecule has 2 rings (SSSR count). The van der Waals surface area contributed by atoms with Gasteiger partial charge in [-0.15, -0.1) is 0 Å². The molecule has 1 fully saturated rings. The molecule has 1 atom stereocenters. The van der Waals surface area contributed by atoms with Crippen molar-refractivity contribution in [2.45, 2.75) is 19.4 Å². The highest BCUT2D eigenvalue weighted by Gasteiger charge is 2.22. The number of ether oxygens (including phenoxy) is 1. The van der Waals surface area contributed by atoms with Crippen LogP contribution in [0.5, 0.6) is 0 Å². The molecule has 0 aliphatic carbocycles. The number of aromatic nitrogens is 1. The summed E-state index contributed by atoms with van der Waals surface area (Å²) < 4.78 is 5.48. The van der Waals surface area contributed by atoms with Crippen LogP contribution in [-0.2, 0) is 4.74 Å². The van der Waals surface area contributed by atoms with Gasteiger partial charge in [-0.1, -0.05) is 19.1 Å². The van der Waals surface area contributed by atoms with Gasteiger partial charge in [-0.25, -0.2) is 4.98 Å². The van der Waals surface area contributed by atoms with Crippen LogP contribution in [0.1, 0.15) is 18.9 Å². The molecule has 2 N–H and O–H groups in total. The van der Waals surface area contributed by atoms with Crippen molar-refractivity contribution < 1.29 is 4.74 Å². The molecule has 0 aromatic carbocycles. The van der Waals surface area contributed by atoms with Crippen LogP contribution in [0.3, 0.4) is 0 Å². The third-order valence-corrected chi connectivity index (χ3v) is 3.26. The average molecular weight is 251 g/mol. The smallest absolute Gasteiger partial charge is 0.129 e. The van der Waals surface area contributed by atoms with Crippen LogP contribution in [-0.4, -0.2) is 35.8 Å². The third-order valence-electron chi connectivity index (χ3n) is 3.02. The summed E-state index contributed by atoms with van der Waals surface area (Å²) in [7, 11) is 0. The number of nitrogens with two attached hydrogens (primary N) is 1. The first-order chi connectivity index (χ1) is 8.22. The van der Waals surface area contributed by atoms with Crippen molar-refractivity contribution in [2.75, 3.05) is 24.7 Å². The molecular formula is C12H17N3OS. The summed E-state index contributed by atoms with van der Waals surface area (Å²) in [4.78, 5) is 7.08. The number of hydrogen-bond donors (Lipinski definition) is 1. The highest BCUT2D eigenvalue weighted by Crippen LogP contribution is 2.19. The van der Waals surface area contributed by atoms with E-state index in [1.54, 1.807) is 6.20 Å². The summed E-state index contributed by atoms with van der Waals surface area (Å²) in [5.74, 6) is 0.936. The lowest BCUT2D eigenvalue weighted by Gasteiger charge is -2.36. The van der Waals surface area contributed by atoms with Crippen LogP contribution in [0.2, 0.25) is 0 Å². The van der Waals surface area contributed by atoms with Crippen LogP contribution >= 0.6 is 12.2 Å².